The molecule has 118 valence electrons. The van der Waals surface area contributed by atoms with Crippen LogP contribution in [0.4, 0.5) is 0 Å². The van der Waals surface area contributed by atoms with Crippen LogP contribution in [0, 0.1) is 0 Å². The number of thiazole rings is 1. The topological polar surface area (TPSA) is 38.7 Å². The quantitative estimate of drug-likeness (QED) is 0.422. The average molecular weight is 388 g/mol. The van der Waals surface area contributed by atoms with Gasteiger partial charge in [-0.3, -0.25) is 0 Å². The maximum absolute atomic E-state index is 5.93. The minimum absolute atomic E-state index is 0.728. The van der Waals surface area contributed by atoms with E-state index >= 15 is 0 Å². The van der Waals surface area contributed by atoms with Crippen LogP contribution in [0.5, 0.6) is 0 Å². The van der Waals surface area contributed by atoms with Crippen LogP contribution in [0.3, 0.4) is 0 Å². The van der Waals surface area contributed by atoms with Crippen LogP contribution in [-0.4, -0.2) is 15.2 Å². The van der Waals surface area contributed by atoms with Gasteiger partial charge in [0.05, 0.1) is 5.69 Å². The molecular weight excluding hydrogens is 378 g/mol. The lowest BCUT2D eigenvalue weighted by Gasteiger charge is -1.95. The average Bonchev–Trinajstić information content (AvgIpc) is 3.27. The maximum atomic E-state index is 5.93. The minimum Gasteiger partial charge on any atom is -0.229 e. The van der Waals surface area contributed by atoms with Crippen molar-refractivity contribution in [3.63, 3.8) is 0 Å². The predicted octanol–water partition coefficient (Wildman–Crippen LogP) is 6.13. The normalized spacial score (nSPS) is 10.9. The molecule has 0 bridgehead atoms. The third-order valence-electron chi connectivity index (χ3n) is 3.22. The second-order valence-corrected chi connectivity index (χ2v) is 8.61. The van der Waals surface area contributed by atoms with E-state index in [4.69, 9.17) is 11.6 Å². The molecule has 0 N–H and O–H groups in total. The Kier molecular flexibility index (Phi) is 4.62. The molecule has 0 aliphatic carbocycles. The van der Waals surface area contributed by atoms with E-state index in [1.807, 2.05) is 60.0 Å². The van der Waals surface area contributed by atoms with Crippen molar-refractivity contribution in [2.75, 3.05) is 0 Å². The van der Waals surface area contributed by atoms with Gasteiger partial charge >= 0.3 is 0 Å². The van der Waals surface area contributed by atoms with Crippen LogP contribution in [0.2, 0.25) is 5.02 Å². The second-order valence-electron chi connectivity index (χ2n) is 4.85. The molecule has 0 aliphatic rings. The van der Waals surface area contributed by atoms with E-state index in [0.29, 0.717) is 0 Å². The minimum atomic E-state index is 0.728. The van der Waals surface area contributed by atoms with Crippen molar-refractivity contribution in [2.45, 2.75) is 8.68 Å². The Bertz CT molecular complexity index is 949. The highest BCUT2D eigenvalue weighted by molar-refractivity contribution is 8.02. The van der Waals surface area contributed by atoms with Crippen LogP contribution in [0.25, 0.3) is 21.8 Å². The first kappa shape index (κ1) is 15.8. The largest absolute Gasteiger partial charge is 0.229 e. The molecule has 2 heterocycles. The van der Waals surface area contributed by atoms with Crippen LogP contribution in [-0.2, 0) is 0 Å². The van der Waals surface area contributed by atoms with Crippen LogP contribution >= 0.6 is 46.0 Å². The van der Waals surface area contributed by atoms with E-state index < -0.39 is 0 Å². The highest BCUT2D eigenvalue weighted by atomic mass is 35.5. The van der Waals surface area contributed by atoms with Crippen molar-refractivity contribution < 1.29 is 0 Å². The van der Waals surface area contributed by atoms with E-state index in [1.165, 1.54) is 0 Å². The van der Waals surface area contributed by atoms with Crippen molar-refractivity contribution in [1.82, 2.24) is 15.2 Å². The van der Waals surface area contributed by atoms with E-state index in [0.717, 1.165) is 35.5 Å². The Morgan fingerprint density at radius 1 is 0.833 bits per heavy atom. The van der Waals surface area contributed by atoms with Gasteiger partial charge in [0, 0.05) is 21.5 Å². The van der Waals surface area contributed by atoms with Gasteiger partial charge in [-0.2, -0.15) is 0 Å². The van der Waals surface area contributed by atoms with Gasteiger partial charge < -0.3 is 0 Å². The highest BCUT2D eigenvalue weighted by Crippen LogP contribution is 2.36. The van der Waals surface area contributed by atoms with Gasteiger partial charge in [-0.05, 0) is 23.9 Å². The van der Waals surface area contributed by atoms with Crippen LogP contribution < -0.4 is 0 Å². The van der Waals surface area contributed by atoms with Crippen molar-refractivity contribution in [3.05, 3.63) is 65.0 Å². The van der Waals surface area contributed by atoms with Gasteiger partial charge in [0.1, 0.15) is 5.01 Å². The molecule has 0 saturated carbocycles. The summed E-state index contributed by atoms with van der Waals surface area (Å²) in [5.41, 5.74) is 3.10. The summed E-state index contributed by atoms with van der Waals surface area (Å²) in [6, 6.07) is 17.8. The molecule has 0 unspecified atom stereocenters. The number of halogens is 1. The Labute approximate surface area is 156 Å². The summed E-state index contributed by atoms with van der Waals surface area (Å²) in [6.07, 6.45) is 0. The van der Waals surface area contributed by atoms with Crippen LogP contribution in [0.15, 0.2) is 68.7 Å². The highest BCUT2D eigenvalue weighted by Gasteiger charge is 2.11. The van der Waals surface area contributed by atoms with Crippen LogP contribution in [0.1, 0.15) is 0 Å². The van der Waals surface area contributed by atoms with E-state index in [-0.39, 0.29) is 0 Å². The van der Waals surface area contributed by atoms with Crippen molar-refractivity contribution in [2.24, 2.45) is 0 Å². The summed E-state index contributed by atoms with van der Waals surface area (Å²) >= 11 is 10.7. The van der Waals surface area contributed by atoms with Gasteiger partial charge in [0.25, 0.3) is 0 Å². The zero-order chi connectivity index (χ0) is 16.4. The summed E-state index contributed by atoms with van der Waals surface area (Å²) in [4.78, 5) is 4.66. The molecule has 0 amide bonds. The standard InChI is InChI=1S/C17H10ClN3S3/c18-13-8-6-11(7-9-13)14-10-22-16(19-14)24-17-21-20-15(23-17)12-4-2-1-3-5-12/h1-10H. The smallest absolute Gasteiger partial charge is 0.181 e. The molecule has 0 spiro atoms. The fourth-order valence-corrected chi connectivity index (χ4v) is 5.09. The van der Waals surface area contributed by atoms with E-state index in [1.54, 1.807) is 34.4 Å². The monoisotopic (exact) mass is 387 g/mol. The summed E-state index contributed by atoms with van der Waals surface area (Å²) in [7, 11) is 0. The first-order chi connectivity index (χ1) is 11.8. The van der Waals surface area contributed by atoms with Gasteiger partial charge in [-0.1, -0.05) is 65.4 Å². The molecule has 2 aromatic carbocycles. The molecule has 3 nitrogen and oxygen atoms in total. The fourth-order valence-electron chi connectivity index (χ4n) is 2.08. The van der Waals surface area contributed by atoms with Gasteiger partial charge in [-0.25, -0.2) is 4.98 Å². The molecule has 24 heavy (non-hydrogen) atoms. The molecule has 0 saturated heterocycles. The molecule has 7 heteroatoms. The molecule has 0 fully saturated rings. The SMILES string of the molecule is Clc1ccc(-c2csc(Sc3nnc(-c4ccccc4)s3)n2)cc1. The zero-order valence-corrected chi connectivity index (χ0v) is 15.4. The van der Waals surface area contributed by atoms with Crippen molar-refractivity contribution >= 4 is 46.0 Å². The summed E-state index contributed by atoms with van der Waals surface area (Å²) in [5.74, 6) is 0. The Morgan fingerprint density at radius 2 is 1.62 bits per heavy atom. The lowest BCUT2D eigenvalue weighted by atomic mass is 10.2. The third kappa shape index (κ3) is 3.52. The van der Waals surface area contributed by atoms with E-state index in [9.17, 15) is 0 Å². The molecule has 0 radical (unpaired) electrons. The maximum Gasteiger partial charge on any atom is 0.181 e. The molecule has 4 aromatic rings. The number of hydrogen-bond acceptors (Lipinski definition) is 6. The first-order valence-electron chi connectivity index (χ1n) is 7.06. The number of rotatable bonds is 4. The van der Waals surface area contributed by atoms with Gasteiger partial charge in [0.15, 0.2) is 8.68 Å². The predicted molar refractivity (Wildman–Crippen MR) is 102 cm³/mol. The summed E-state index contributed by atoms with van der Waals surface area (Å²) in [5, 5.41) is 12.2. The summed E-state index contributed by atoms with van der Waals surface area (Å²) in [6.45, 7) is 0. The number of benzene rings is 2. The van der Waals surface area contributed by atoms with Gasteiger partial charge in [0.2, 0.25) is 0 Å². The molecule has 0 aliphatic heterocycles. The number of hydrogen-bond donors (Lipinski definition) is 0. The Hall–Kier alpha value is -1.73. The Morgan fingerprint density at radius 3 is 2.42 bits per heavy atom. The summed E-state index contributed by atoms with van der Waals surface area (Å²) < 4.78 is 1.85. The Balaban J connectivity index is 1.52. The molecular formula is C17H10ClN3S3. The fraction of sp³-hybridized carbons (Fsp3) is 0. The third-order valence-corrected chi connectivity index (χ3v) is 6.44. The number of nitrogens with zero attached hydrogens (tertiary/aromatic N) is 3. The molecule has 0 atom stereocenters. The van der Waals surface area contributed by atoms with Crippen molar-refractivity contribution in [3.8, 4) is 21.8 Å². The van der Waals surface area contributed by atoms with Gasteiger partial charge in [-0.15, -0.1) is 21.5 Å². The first-order valence-corrected chi connectivity index (χ1v) is 9.95. The number of aromatic nitrogens is 3. The van der Waals surface area contributed by atoms with E-state index in [2.05, 4.69) is 15.2 Å². The van der Waals surface area contributed by atoms with Crippen molar-refractivity contribution in [1.29, 1.82) is 0 Å². The lowest BCUT2D eigenvalue weighted by molar-refractivity contribution is 1.01. The zero-order valence-electron chi connectivity index (χ0n) is 12.2. The molecule has 2 aromatic heterocycles. The molecule has 4 rings (SSSR count). The second kappa shape index (κ2) is 7.03. The lowest BCUT2D eigenvalue weighted by Crippen LogP contribution is -1.77.